The zero-order valence-corrected chi connectivity index (χ0v) is 8.07. The maximum atomic E-state index is 10.6. The van der Waals surface area contributed by atoms with Gasteiger partial charge in [0.15, 0.2) is 0 Å². The fourth-order valence-electron chi connectivity index (χ4n) is 2.46. The number of carboxylic acids is 1. The molecule has 1 N–H and O–H groups in total. The van der Waals surface area contributed by atoms with Crippen molar-refractivity contribution in [2.75, 3.05) is 20.1 Å². The number of likely N-dealkylation sites (tertiary alicyclic amines) is 1. The first-order valence-electron chi connectivity index (χ1n) is 5.08. The molecule has 1 saturated heterocycles. The van der Waals surface area contributed by atoms with E-state index in [1.54, 1.807) is 0 Å². The summed E-state index contributed by atoms with van der Waals surface area (Å²) in [6, 6.07) is 0. The minimum absolute atomic E-state index is 0.00842. The van der Waals surface area contributed by atoms with E-state index in [2.05, 4.69) is 11.9 Å². The van der Waals surface area contributed by atoms with Crippen LogP contribution in [0.4, 0.5) is 0 Å². The van der Waals surface area contributed by atoms with Gasteiger partial charge in [0.1, 0.15) is 0 Å². The van der Waals surface area contributed by atoms with E-state index >= 15 is 0 Å². The van der Waals surface area contributed by atoms with Crippen molar-refractivity contribution in [2.45, 2.75) is 19.3 Å². The number of aliphatic carboxylic acids is 1. The first kappa shape index (κ1) is 9.00. The van der Waals surface area contributed by atoms with Crippen molar-refractivity contribution in [1.29, 1.82) is 0 Å². The van der Waals surface area contributed by atoms with Crippen LogP contribution in [-0.2, 0) is 4.79 Å². The quantitative estimate of drug-likeness (QED) is 0.711. The Balaban J connectivity index is 1.72. The second kappa shape index (κ2) is 3.29. The Kier molecular flexibility index (Phi) is 2.28. The van der Waals surface area contributed by atoms with Crippen molar-refractivity contribution in [1.82, 2.24) is 4.90 Å². The Bertz CT molecular complexity index is 217. The van der Waals surface area contributed by atoms with Gasteiger partial charge in [-0.25, -0.2) is 0 Å². The molecule has 0 aromatic carbocycles. The second-order valence-corrected chi connectivity index (χ2v) is 4.59. The van der Waals surface area contributed by atoms with Gasteiger partial charge in [0.05, 0.1) is 5.92 Å². The zero-order chi connectivity index (χ0) is 9.42. The summed E-state index contributed by atoms with van der Waals surface area (Å²) in [5, 5.41) is 8.74. The summed E-state index contributed by atoms with van der Waals surface area (Å²) >= 11 is 0. The van der Waals surface area contributed by atoms with Crippen LogP contribution in [0.5, 0.6) is 0 Å². The van der Waals surface area contributed by atoms with Gasteiger partial charge in [-0.05, 0) is 44.7 Å². The van der Waals surface area contributed by atoms with E-state index in [9.17, 15) is 4.79 Å². The fraction of sp³-hybridized carbons (Fsp3) is 0.900. The predicted octanol–water partition coefficient (Wildman–Crippen LogP) is 1.05. The summed E-state index contributed by atoms with van der Waals surface area (Å²) in [5.74, 6) is 0.663. The monoisotopic (exact) mass is 183 g/mol. The molecule has 0 radical (unpaired) electrons. The van der Waals surface area contributed by atoms with Gasteiger partial charge in [-0.3, -0.25) is 4.79 Å². The Morgan fingerprint density at radius 2 is 2.38 bits per heavy atom. The summed E-state index contributed by atoms with van der Waals surface area (Å²) in [4.78, 5) is 12.9. The standard InChI is InChI=1S/C10H17NO2/c1-11-3-2-7(6-11)4-8-5-9(8)10(12)13/h7-9H,2-6H2,1H3,(H,12,13). The molecule has 1 aliphatic heterocycles. The fourth-order valence-corrected chi connectivity index (χ4v) is 2.46. The highest BCUT2D eigenvalue weighted by Gasteiger charge is 2.44. The third kappa shape index (κ3) is 2.02. The van der Waals surface area contributed by atoms with E-state index in [0.29, 0.717) is 5.92 Å². The number of carboxylic acid groups (broad SMARTS) is 1. The zero-order valence-electron chi connectivity index (χ0n) is 8.07. The molecule has 0 aromatic heterocycles. The maximum Gasteiger partial charge on any atom is 0.306 e. The highest BCUT2D eigenvalue weighted by molar-refractivity contribution is 5.73. The number of carbonyl (C=O) groups is 1. The lowest BCUT2D eigenvalue weighted by molar-refractivity contribution is -0.138. The van der Waals surface area contributed by atoms with Crippen molar-refractivity contribution < 1.29 is 9.90 Å². The lowest BCUT2D eigenvalue weighted by atomic mass is 10.0. The molecule has 74 valence electrons. The topological polar surface area (TPSA) is 40.5 Å². The van der Waals surface area contributed by atoms with Gasteiger partial charge >= 0.3 is 5.97 Å². The first-order chi connectivity index (χ1) is 6.16. The van der Waals surface area contributed by atoms with Crippen LogP contribution < -0.4 is 0 Å². The average molecular weight is 183 g/mol. The molecule has 1 saturated carbocycles. The number of rotatable bonds is 3. The molecule has 3 unspecified atom stereocenters. The van der Waals surface area contributed by atoms with Crippen molar-refractivity contribution >= 4 is 5.97 Å². The van der Waals surface area contributed by atoms with E-state index in [0.717, 1.165) is 18.8 Å². The SMILES string of the molecule is CN1CCC(CC2CC2C(=O)O)C1. The molecule has 2 fully saturated rings. The molecule has 0 spiro atoms. The third-order valence-corrected chi connectivity index (χ3v) is 3.36. The molecule has 13 heavy (non-hydrogen) atoms. The minimum atomic E-state index is -0.587. The molecule has 0 amide bonds. The van der Waals surface area contributed by atoms with Crippen LogP contribution in [0, 0.1) is 17.8 Å². The van der Waals surface area contributed by atoms with Crippen LogP contribution in [-0.4, -0.2) is 36.1 Å². The molecular weight excluding hydrogens is 166 g/mol. The largest absolute Gasteiger partial charge is 0.481 e. The maximum absolute atomic E-state index is 10.6. The highest BCUT2D eigenvalue weighted by atomic mass is 16.4. The van der Waals surface area contributed by atoms with E-state index < -0.39 is 5.97 Å². The molecular formula is C10H17NO2. The Labute approximate surface area is 78.7 Å². The summed E-state index contributed by atoms with van der Waals surface area (Å²) in [6.07, 6.45) is 3.33. The lowest BCUT2D eigenvalue weighted by Crippen LogP contribution is -2.14. The predicted molar refractivity (Wildman–Crippen MR) is 49.5 cm³/mol. The van der Waals surface area contributed by atoms with Crippen LogP contribution in [0.25, 0.3) is 0 Å². The molecule has 1 aliphatic carbocycles. The molecule has 2 aliphatic rings. The van der Waals surface area contributed by atoms with Crippen LogP contribution in [0.2, 0.25) is 0 Å². The summed E-state index contributed by atoms with van der Waals surface area (Å²) in [7, 11) is 2.14. The van der Waals surface area contributed by atoms with Gasteiger partial charge in [0.25, 0.3) is 0 Å². The Morgan fingerprint density at radius 1 is 1.62 bits per heavy atom. The van der Waals surface area contributed by atoms with Crippen molar-refractivity contribution in [3.63, 3.8) is 0 Å². The summed E-state index contributed by atoms with van der Waals surface area (Å²) in [6.45, 7) is 2.36. The van der Waals surface area contributed by atoms with Gasteiger partial charge < -0.3 is 10.0 Å². The molecule has 3 heteroatoms. The lowest BCUT2D eigenvalue weighted by Gasteiger charge is -2.08. The average Bonchev–Trinajstić information content (AvgIpc) is 2.69. The van der Waals surface area contributed by atoms with Gasteiger partial charge in [-0.2, -0.15) is 0 Å². The Morgan fingerprint density at radius 3 is 2.85 bits per heavy atom. The molecule has 0 aromatic rings. The van der Waals surface area contributed by atoms with Crippen molar-refractivity contribution in [3.8, 4) is 0 Å². The number of nitrogens with zero attached hydrogens (tertiary/aromatic N) is 1. The van der Waals surface area contributed by atoms with Crippen molar-refractivity contribution in [2.24, 2.45) is 17.8 Å². The summed E-state index contributed by atoms with van der Waals surface area (Å²) < 4.78 is 0. The smallest absolute Gasteiger partial charge is 0.306 e. The summed E-state index contributed by atoms with van der Waals surface area (Å²) in [5.41, 5.74) is 0. The minimum Gasteiger partial charge on any atom is -0.481 e. The van der Waals surface area contributed by atoms with Gasteiger partial charge in [0.2, 0.25) is 0 Å². The molecule has 3 atom stereocenters. The second-order valence-electron chi connectivity index (χ2n) is 4.59. The molecule has 0 bridgehead atoms. The third-order valence-electron chi connectivity index (χ3n) is 3.36. The van der Waals surface area contributed by atoms with Gasteiger partial charge in [0, 0.05) is 6.54 Å². The van der Waals surface area contributed by atoms with Crippen molar-refractivity contribution in [3.05, 3.63) is 0 Å². The first-order valence-corrected chi connectivity index (χ1v) is 5.08. The van der Waals surface area contributed by atoms with E-state index in [1.165, 1.54) is 19.5 Å². The van der Waals surface area contributed by atoms with Crippen LogP contribution in [0.15, 0.2) is 0 Å². The van der Waals surface area contributed by atoms with E-state index in [1.807, 2.05) is 0 Å². The molecule has 2 rings (SSSR count). The normalized spacial score (nSPS) is 39.3. The van der Waals surface area contributed by atoms with E-state index in [4.69, 9.17) is 5.11 Å². The Hall–Kier alpha value is -0.570. The van der Waals surface area contributed by atoms with Crippen LogP contribution in [0.3, 0.4) is 0 Å². The molecule has 3 nitrogen and oxygen atoms in total. The number of hydrogen-bond acceptors (Lipinski definition) is 2. The van der Waals surface area contributed by atoms with E-state index in [-0.39, 0.29) is 5.92 Å². The molecule has 1 heterocycles. The highest BCUT2D eigenvalue weighted by Crippen LogP contribution is 2.44. The van der Waals surface area contributed by atoms with Crippen LogP contribution in [0.1, 0.15) is 19.3 Å². The van der Waals surface area contributed by atoms with Gasteiger partial charge in [-0.15, -0.1) is 0 Å². The van der Waals surface area contributed by atoms with Gasteiger partial charge in [-0.1, -0.05) is 0 Å². The number of hydrogen-bond donors (Lipinski definition) is 1. The van der Waals surface area contributed by atoms with Crippen LogP contribution >= 0.6 is 0 Å².